The van der Waals surface area contributed by atoms with Crippen LogP contribution in [0, 0.1) is 5.92 Å². The minimum absolute atomic E-state index is 0.117. The smallest absolute Gasteiger partial charge is 0.329 e. The molecule has 0 aliphatic heterocycles. The Hall–Kier alpha value is -2.87. The van der Waals surface area contributed by atoms with E-state index in [-0.39, 0.29) is 29.8 Å². The Bertz CT molecular complexity index is 1190. The van der Waals surface area contributed by atoms with Crippen LogP contribution in [-0.4, -0.2) is 39.6 Å². The standard InChI is InChI=1S/C29H35F2NO4S/c1-5-7-16-29(6-2,27(34)35)32-26(33)23-14-13-21-10-8-9-11-22(21)25(23)36-18-20-12-15-24(19(3)17-20)37-28(4,30)31/h8-15,17,19,24H,5-7,16,18H2,1-4H3,(H,32,33)(H,34,35). The van der Waals surface area contributed by atoms with Crippen molar-refractivity contribution >= 4 is 34.4 Å². The van der Waals surface area contributed by atoms with Gasteiger partial charge < -0.3 is 15.2 Å². The summed E-state index contributed by atoms with van der Waals surface area (Å²) in [5.41, 5.74) is -0.296. The van der Waals surface area contributed by atoms with Gasteiger partial charge in [0, 0.05) is 17.6 Å². The highest BCUT2D eigenvalue weighted by Gasteiger charge is 2.38. The average Bonchev–Trinajstić information content (AvgIpc) is 2.85. The van der Waals surface area contributed by atoms with Crippen molar-refractivity contribution in [2.45, 2.75) is 69.4 Å². The number of amides is 1. The van der Waals surface area contributed by atoms with Gasteiger partial charge in [0.05, 0.1) is 5.56 Å². The van der Waals surface area contributed by atoms with Crippen LogP contribution in [0.1, 0.15) is 63.7 Å². The van der Waals surface area contributed by atoms with E-state index >= 15 is 0 Å². The predicted molar refractivity (Wildman–Crippen MR) is 145 cm³/mol. The lowest BCUT2D eigenvalue weighted by Gasteiger charge is -2.30. The summed E-state index contributed by atoms with van der Waals surface area (Å²) in [6.45, 7) is 6.65. The number of carboxylic acids is 1. The average molecular weight is 532 g/mol. The molecule has 0 saturated heterocycles. The number of allylic oxidation sites excluding steroid dienone is 1. The fourth-order valence-electron chi connectivity index (χ4n) is 4.50. The lowest BCUT2D eigenvalue weighted by atomic mass is 9.89. The van der Waals surface area contributed by atoms with Crippen LogP contribution < -0.4 is 10.1 Å². The number of ether oxygens (including phenoxy) is 1. The molecular weight excluding hydrogens is 496 g/mol. The molecule has 0 heterocycles. The van der Waals surface area contributed by atoms with Crippen molar-refractivity contribution in [3.63, 3.8) is 0 Å². The van der Waals surface area contributed by atoms with Gasteiger partial charge in [-0.25, -0.2) is 4.79 Å². The van der Waals surface area contributed by atoms with E-state index in [1.165, 1.54) is 0 Å². The molecule has 2 N–H and O–H groups in total. The number of fused-ring (bicyclic) bond motifs is 1. The fourth-order valence-corrected chi connectivity index (χ4v) is 5.43. The summed E-state index contributed by atoms with van der Waals surface area (Å²) in [7, 11) is 0. The van der Waals surface area contributed by atoms with Crippen LogP contribution in [0.15, 0.2) is 60.2 Å². The molecule has 1 amide bonds. The lowest BCUT2D eigenvalue weighted by Crippen LogP contribution is -2.54. The van der Waals surface area contributed by atoms with Crippen molar-refractivity contribution in [2.75, 3.05) is 6.61 Å². The number of alkyl halides is 2. The van der Waals surface area contributed by atoms with Crippen LogP contribution in [0.3, 0.4) is 0 Å². The van der Waals surface area contributed by atoms with Crippen molar-refractivity contribution < 1.29 is 28.2 Å². The van der Waals surface area contributed by atoms with Crippen molar-refractivity contribution in [3.05, 3.63) is 65.8 Å². The van der Waals surface area contributed by atoms with Gasteiger partial charge in [-0.3, -0.25) is 4.79 Å². The van der Waals surface area contributed by atoms with Gasteiger partial charge in [-0.05, 0) is 35.8 Å². The van der Waals surface area contributed by atoms with E-state index in [9.17, 15) is 23.5 Å². The van der Waals surface area contributed by atoms with Gasteiger partial charge in [-0.2, -0.15) is 8.78 Å². The first-order valence-corrected chi connectivity index (χ1v) is 13.5. The summed E-state index contributed by atoms with van der Waals surface area (Å²) in [6, 6.07) is 11.0. The number of nitrogens with one attached hydrogen (secondary N) is 1. The molecule has 200 valence electrons. The van der Waals surface area contributed by atoms with E-state index in [0.29, 0.717) is 30.4 Å². The van der Waals surface area contributed by atoms with E-state index in [0.717, 1.165) is 29.7 Å². The molecular formula is C29H35F2NO4S. The van der Waals surface area contributed by atoms with Crippen LogP contribution in [0.5, 0.6) is 5.75 Å². The molecule has 37 heavy (non-hydrogen) atoms. The number of unbranched alkanes of at least 4 members (excludes halogenated alkanes) is 1. The maximum Gasteiger partial charge on any atom is 0.329 e. The van der Waals surface area contributed by atoms with E-state index in [2.05, 4.69) is 5.32 Å². The summed E-state index contributed by atoms with van der Waals surface area (Å²) in [5.74, 6) is -1.32. The summed E-state index contributed by atoms with van der Waals surface area (Å²) in [6.07, 6.45) is 7.52. The molecule has 0 fully saturated rings. The maximum atomic E-state index is 13.5. The Morgan fingerprint density at radius 1 is 1.16 bits per heavy atom. The van der Waals surface area contributed by atoms with Gasteiger partial charge in [-0.15, -0.1) is 0 Å². The first kappa shape index (κ1) is 28.7. The number of benzene rings is 2. The van der Waals surface area contributed by atoms with Crippen molar-refractivity contribution in [1.29, 1.82) is 0 Å². The molecule has 8 heteroatoms. The molecule has 5 nitrogen and oxygen atoms in total. The summed E-state index contributed by atoms with van der Waals surface area (Å²) >= 11 is 0.619. The highest BCUT2D eigenvalue weighted by atomic mass is 32.2. The third-order valence-corrected chi connectivity index (χ3v) is 7.94. The molecule has 0 spiro atoms. The van der Waals surface area contributed by atoms with E-state index in [1.54, 1.807) is 25.1 Å². The third kappa shape index (κ3) is 7.12. The number of hydrogen-bond donors (Lipinski definition) is 2. The minimum atomic E-state index is -2.82. The maximum absolute atomic E-state index is 13.5. The number of hydrogen-bond acceptors (Lipinski definition) is 4. The summed E-state index contributed by atoms with van der Waals surface area (Å²) in [4.78, 5) is 25.7. The molecule has 3 rings (SSSR count). The van der Waals surface area contributed by atoms with Crippen LogP contribution in [0.4, 0.5) is 8.78 Å². The lowest BCUT2D eigenvalue weighted by molar-refractivity contribution is -0.145. The van der Waals surface area contributed by atoms with Gasteiger partial charge in [0.1, 0.15) is 17.9 Å². The zero-order chi connectivity index (χ0) is 27.2. The predicted octanol–water partition coefficient (Wildman–Crippen LogP) is 7.22. The highest BCUT2D eigenvalue weighted by Crippen LogP contribution is 2.38. The number of rotatable bonds is 12. The minimum Gasteiger partial charge on any atom is -0.487 e. The topological polar surface area (TPSA) is 75.6 Å². The Balaban J connectivity index is 1.89. The first-order valence-electron chi connectivity index (χ1n) is 12.6. The van der Waals surface area contributed by atoms with Crippen molar-refractivity contribution in [3.8, 4) is 5.75 Å². The van der Waals surface area contributed by atoms with E-state index < -0.39 is 22.7 Å². The molecule has 0 aromatic heterocycles. The third-order valence-electron chi connectivity index (χ3n) is 6.67. The van der Waals surface area contributed by atoms with Gasteiger partial charge in [0.15, 0.2) is 0 Å². The van der Waals surface area contributed by atoms with Gasteiger partial charge in [0.2, 0.25) is 0 Å². The normalized spacial score (nSPS) is 19.2. The number of halogens is 2. The number of carbonyl (C=O) groups is 2. The van der Waals surface area contributed by atoms with Crippen molar-refractivity contribution in [1.82, 2.24) is 5.32 Å². The Morgan fingerprint density at radius 2 is 1.89 bits per heavy atom. The van der Waals surface area contributed by atoms with Crippen molar-refractivity contribution in [2.24, 2.45) is 5.92 Å². The molecule has 3 unspecified atom stereocenters. The molecule has 1 aliphatic rings. The number of thioether (sulfide) groups is 1. The summed E-state index contributed by atoms with van der Waals surface area (Å²) < 4.78 is 33.2. The second kappa shape index (κ2) is 12.1. The Labute approximate surface area is 221 Å². The van der Waals surface area contributed by atoms with Crippen LogP contribution in [-0.2, 0) is 4.79 Å². The zero-order valence-corrected chi connectivity index (χ0v) is 22.5. The SMILES string of the molecule is CCCCC(CC)(NC(=O)c1ccc2ccccc2c1OCC1=CC(C)C(SC(C)(F)F)C=C1)C(=O)O. The molecule has 2 aromatic carbocycles. The fraction of sp³-hybridized carbons (Fsp3) is 0.448. The van der Waals surface area contributed by atoms with Crippen LogP contribution in [0.2, 0.25) is 0 Å². The first-order chi connectivity index (χ1) is 17.5. The second-order valence-electron chi connectivity index (χ2n) is 9.60. The molecule has 0 bridgehead atoms. The van der Waals surface area contributed by atoms with Gasteiger partial charge >= 0.3 is 5.97 Å². The van der Waals surface area contributed by atoms with Gasteiger partial charge in [-0.1, -0.05) is 93.9 Å². The second-order valence-corrected chi connectivity index (χ2v) is 11.1. The van der Waals surface area contributed by atoms with Crippen LogP contribution in [0.25, 0.3) is 10.8 Å². The molecule has 2 aromatic rings. The zero-order valence-electron chi connectivity index (χ0n) is 21.7. The number of carbonyl (C=O) groups excluding carboxylic acids is 1. The largest absolute Gasteiger partial charge is 0.487 e. The molecule has 3 atom stereocenters. The van der Waals surface area contributed by atoms with Crippen LogP contribution >= 0.6 is 11.8 Å². The number of carboxylic acid groups (broad SMARTS) is 1. The number of aliphatic carboxylic acids is 1. The highest BCUT2D eigenvalue weighted by molar-refractivity contribution is 8.01. The van der Waals surface area contributed by atoms with E-state index in [1.807, 2.05) is 50.3 Å². The van der Waals surface area contributed by atoms with E-state index in [4.69, 9.17) is 4.74 Å². The molecule has 0 radical (unpaired) electrons. The summed E-state index contributed by atoms with van der Waals surface area (Å²) in [5, 5.41) is 11.2. The quantitative estimate of drug-likeness (QED) is 0.302. The Morgan fingerprint density at radius 3 is 2.51 bits per heavy atom. The monoisotopic (exact) mass is 531 g/mol. The van der Waals surface area contributed by atoms with Gasteiger partial charge in [0.25, 0.3) is 11.2 Å². The molecule has 0 saturated carbocycles. The Kier molecular flexibility index (Phi) is 9.40. The molecule has 1 aliphatic carbocycles.